The molecule has 2 aliphatic rings. The molecule has 2 rings (SSSR count). The lowest BCUT2D eigenvalue weighted by Crippen LogP contribution is -2.63. The molecule has 0 bridgehead atoms. The molecule has 0 amide bonds. The molecule has 4 nitrogen and oxygen atoms in total. The van der Waals surface area contributed by atoms with Crippen molar-refractivity contribution in [2.45, 2.75) is 57.5 Å². The molecule has 0 aromatic heterocycles. The zero-order valence-corrected chi connectivity index (χ0v) is 14.5. The van der Waals surface area contributed by atoms with Gasteiger partial charge < -0.3 is 15.5 Å². The zero-order chi connectivity index (χ0) is 15.3. The lowest BCUT2D eigenvalue weighted by Gasteiger charge is -2.51. The third kappa shape index (κ3) is 3.98. The van der Waals surface area contributed by atoms with Crippen molar-refractivity contribution in [2.24, 2.45) is 5.73 Å². The fourth-order valence-corrected chi connectivity index (χ4v) is 4.33. The Bertz CT molecular complexity index is 299. The van der Waals surface area contributed by atoms with E-state index in [1.807, 2.05) is 0 Å². The number of nitrogens with two attached hydrogens (primary N) is 1. The number of piperidine rings is 1. The van der Waals surface area contributed by atoms with E-state index in [0.29, 0.717) is 6.04 Å². The highest BCUT2D eigenvalue weighted by Crippen LogP contribution is 2.32. The third-order valence-electron chi connectivity index (χ3n) is 5.69. The second-order valence-corrected chi connectivity index (χ2v) is 7.14. The number of hydrogen-bond donors (Lipinski definition) is 1. The normalized spacial score (nSPS) is 29.4. The maximum atomic E-state index is 6.32. The number of rotatable bonds is 5. The number of likely N-dealkylation sites (N-methyl/N-ethyl adjacent to an activating group) is 1. The summed E-state index contributed by atoms with van der Waals surface area (Å²) in [5.41, 5.74) is 6.58. The van der Waals surface area contributed by atoms with Gasteiger partial charge in [-0.15, -0.1) is 0 Å². The van der Waals surface area contributed by atoms with Crippen LogP contribution in [0.3, 0.4) is 0 Å². The van der Waals surface area contributed by atoms with E-state index in [-0.39, 0.29) is 5.54 Å². The molecule has 0 aromatic carbocycles. The summed E-state index contributed by atoms with van der Waals surface area (Å²) >= 11 is 0. The van der Waals surface area contributed by atoms with E-state index in [9.17, 15) is 0 Å². The van der Waals surface area contributed by atoms with E-state index in [4.69, 9.17) is 5.73 Å². The van der Waals surface area contributed by atoms with Gasteiger partial charge in [-0.3, -0.25) is 4.90 Å². The van der Waals surface area contributed by atoms with Crippen LogP contribution >= 0.6 is 0 Å². The predicted molar refractivity (Wildman–Crippen MR) is 90.6 cm³/mol. The summed E-state index contributed by atoms with van der Waals surface area (Å²) in [6.45, 7) is 12.8. The molecule has 1 atom stereocenters. The van der Waals surface area contributed by atoms with Crippen molar-refractivity contribution in [3.05, 3.63) is 0 Å². The van der Waals surface area contributed by atoms with Gasteiger partial charge in [-0.05, 0) is 65.3 Å². The van der Waals surface area contributed by atoms with Gasteiger partial charge in [-0.2, -0.15) is 0 Å². The molecule has 0 spiro atoms. The van der Waals surface area contributed by atoms with Crippen LogP contribution < -0.4 is 5.73 Å². The van der Waals surface area contributed by atoms with Gasteiger partial charge in [0.2, 0.25) is 0 Å². The van der Waals surface area contributed by atoms with Gasteiger partial charge in [0.05, 0.1) is 0 Å². The standard InChI is InChI=1S/C17H36N4/c1-4-9-20-12-7-17(15-18,8-13-20)21-11-6-10-19(3)14-16(21)5-2/h16H,4-15,18H2,1-3H3. The predicted octanol–water partition coefficient (Wildman–Crippen LogP) is 1.61. The van der Waals surface area contributed by atoms with E-state index in [1.165, 1.54) is 71.4 Å². The summed E-state index contributed by atoms with van der Waals surface area (Å²) in [5.74, 6) is 0. The highest BCUT2D eigenvalue weighted by Gasteiger charge is 2.41. The molecule has 2 saturated heterocycles. The minimum Gasteiger partial charge on any atom is -0.329 e. The highest BCUT2D eigenvalue weighted by molar-refractivity contribution is 4.99. The highest BCUT2D eigenvalue weighted by atomic mass is 15.3. The minimum absolute atomic E-state index is 0.260. The maximum Gasteiger partial charge on any atom is 0.0359 e. The summed E-state index contributed by atoms with van der Waals surface area (Å²) in [5, 5.41) is 0. The van der Waals surface area contributed by atoms with Gasteiger partial charge in [0.25, 0.3) is 0 Å². The molecule has 2 N–H and O–H groups in total. The molecule has 2 heterocycles. The van der Waals surface area contributed by atoms with Crippen molar-refractivity contribution in [1.82, 2.24) is 14.7 Å². The monoisotopic (exact) mass is 296 g/mol. The van der Waals surface area contributed by atoms with E-state index in [1.54, 1.807) is 0 Å². The lowest BCUT2D eigenvalue weighted by molar-refractivity contribution is -0.00293. The quantitative estimate of drug-likeness (QED) is 0.836. The minimum atomic E-state index is 0.260. The molecule has 124 valence electrons. The van der Waals surface area contributed by atoms with Crippen molar-refractivity contribution in [2.75, 3.05) is 52.9 Å². The largest absolute Gasteiger partial charge is 0.329 e. The summed E-state index contributed by atoms with van der Waals surface area (Å²) < 4.78 is 0. The number of hydrogen-bond acceptors (Lipinski definition) is 4. The SMILES string of the molecule is CCCN1CCC(CN)(N2CCCN(C)CC2CC)CC1. The Morgan fingerprint density at radius 2 is 1.81 bits per heavy atom. The van der Waals surface area contributed by atoms with Crippen molar-refractivity contribution >= 4 is 0 Å². The molecule has 1 unspecified atom stereocenters. The molecule has 0 radical (unpaired) electrons. The summed E-state index contributed by atoms with van der Waals surface area (Å²) in [7, 11) is 2.27. The smallest absolute Gasteiger partial charge is 0.0359 e. The van der Waals surface area contributed by atoms with Gasteiger partial charge in [0.1, 0.15) is 0 Å². The van der Waals surface area contributed by atoms with Gasteiger partial charge in [-0.25, -0.2) is 0 Å². The van der Waals surface area contributed by atoms with Crippen LogP contribution in [0.1, 0.15) is 46.0 Å². The van der Waals surface area contributed by atoms with E-state index in [0.717, 1.165) is 6.54 Å². The Hall–Kier alpha value is -0.160. The van der Waals surface area contributed by atoms with Gasteiger partial charge >= 0.3 is 0 Å². The first kappa shape index (κ1) is 17.2. The van der Waals surface area contributed by atoms with Gasteiger partial charge in [0.15, 0.2) is 0 Å². The van der Waals surface area contributed by atoms with Crippen molar-refractivity contribution in [3.8, 4) is 0 Å². The fraction of sp³-hybridized carbons (Fsp3) is 1.00. The first-order valence-electron chi connectivity index (χ1n) is 9.03. The Morgan fingerprint density at radius 1 is 1.10 bits per heavy atom. The van der Waals surface area contributed by atoms with Crippen LogP contribution in [0.4, 0.5) is 0 Å². The zero-order valence-electron chi connectivity index (χ0n) is 14.5. The lowest BCUT2D eigenvalue weighted by atomic mass is 9.83. The number of nitrogens with zero attached hydrogens (tertiary/aromatic N) is 3. The van der Waals surface area contributed by atoms with Crippen LogP contribution in [0, 0.1) is 0 Å². The van der Waals surface area contributed by atoms with E-state index in [2.05, 4.69) is 35.6 Å². The van der Waals surface area contributed by atoms with E-state index < -0.39 is 0 Å². The van der Waals surface area contributed by atoms with Crippen LogP contribution in [0.15, 0.2) is 0 Å². The Balaban J connectivity index is 2.08. The molecule has 21 heavy (non-hydrogen) atoms. The maximum absolute atomic E-state index is 6.32. The fourth-order valence-electron chi connectivity index (χ4n) is 4.33. The van der Waals surface area contributed by atoms with Crippen LogP contribution in [0.2, 0.25) is 0 Å². The van der Waals surface area contributed by atoms with Crippen LogP contribution in [-0.2, 0) is 0 Å². The van der Waals surface area contributed by atoms with Gasteiger partial charge in [0, 0.05) is 31.2 Å². The molecule has 0 aliphatic carbocycles. The molecule has 2 fully saturated rings. The molecular formula is C17H36N4. The molecule has 0 saturated carbocycles. The average Bonchev–Trinajstić information content (AvgIpc) is 2.70. The van der Waals surface area contributed by atoms with Crippen molar-refractivity contribution < 1.29 is 0 Å². The summed E-state index contributed by atoms with van der Waals surface area (Å²) in [4.78, 5) is 7.93. The van der Waals surface area contributed by atoms with Crippen LogP contribution in [0.5, 0.6) is 0 Å². The second-order valence-electron chi connectivity index (χ2n) is 7.14. The summed E-state index contributed by atoms with van der Waals surface area (Å²) in [6, 6.07) is 0.679. The first-order valence-corrected chi connectivity index (χ1v) is 9.03. The van der Waals surface area contributed by atoms with Crippen molar-refractivity contribution in [3.63, 3.8) is 0 Å². The topological polar surface area (TPSA) is 35.7 Å². The Morgan fingerprint density at radius 3 is 2.38 bits per heavy atom. The average molecular weight is 297 g/mol. The molecule has 4 heteroatoms. The summed E-state index contributed by atoms with van der Waals surface area (Å²) in [6.07, 6.45) is 6.30. The molecular weight excluding hydrogens is 260 g/mol. The van der Waals surface area contributed by atoms with E-state index >= 15 is 0 Å². The second kappa shape index (κ2) is 7.91. The number of likely N-dealkylation sites (tertiary alicyclic amines) is 1. The third-order valence-corrected chi connectivity index (χ3v) is 5.69. The first-order chi connectivity index (χ1) is 10.1. The van der Waals surface area contributed by atoms with Crippen molar-refractivity contribution in [1.29, 1.82) is 0 Å². The Labute approximate surface area is 131 Å². The Kier molecular flexibility index (Phi) is 6.48. The van der Waals surface area contributed by atoms with Gasteiger partial charge in [-0.1, -0.05) is 13.8 Å². The molecule has 2 aliphatic heterocycles. The van der Waals surface area contributed by atoms with Crippen LogP contribution in [-0.4, -0.2) is 79.1 Å². The molecule has 0 aromatic rings. The van der Waals surface area contributed by atoms with Crippen LogP contribution in [0.25, 0.3) is 0 Å².